The number of methoxy groups -OCH3 is 1. The molecule has 1 aliphatic rings. The molecule has 44 heavy (non-hydrogen) atoms. The Bertz CT molecular complexity index is 1530. The quantitative estimate of drug-likeness (QED) is 0.0875. The maximum absolute atomic E-state index is 12.4. The smallest absolute Gasteiger partial charge is 0.337 e. The summed E-state index contributed by atoms with van der Waals surface area (Å²) in [6, 6.07) is 16.7. The van der Waals surface area contributed by atoms with E-state index in [1.165, 1.54) is 13.3 Å². The summed E-state index contributed by atoms with van der Waals surface area (Å²) in [5.74, 6) is 0.479. The average molecular weight is 644 g/mol. The van der Waals surface area contributed by atoms with Crippen LogP contribution in [0.15, 0.2) is 77.0 Å². The van der Waals surface area contributed by atoms with Gasteiger partial charge in [0.05, 0.1) is 41.6 Å². The molecule has 0 saturated heterocycles. The van der Waals surface area contributed by atoms with E-state index in [0.29, 0.717) is 57.3 Å². The van der Waals surface area contributed by atoms with Crippen LogP contribution in [-0.2, 0) is 16.1 Å². The van der Waals surface area contributed by atoms with Gasteiger partial charge in [-0.25, -0.2) is 9.59 Å². The highest BCUT2D eigenvalue weighted by Gasteiger charge is 2.32. The molecule has 3 aromatic rings. The highest BCUT2D eigenvalue weighted by molar-refractivity contribution is 6.37. The lowest BCUT2D eigenvalue weighted by molar-refractivity contribution is -0.136. The minimum Gasteiger partial charge on any atom is -0.490 e. The molecule has 0 spiro atoms. The van der Waals surface area contributed by atoms with E-state index in [0.717, 1.165) is 5.56 Å². The van der Waals surface area contributed by atoms with Gasteiger partial charge in [-0.3, -0.25) is 5.43 Å². The van der Waals surface area contributed by atoms with Crippen LogP contribution in [0.5, 0.6) is 17.2 Å². The fraction of sp³-hybridized carbons (Fsp3) is 0.258. The van der Waals surface area contributed by atoms with Gasteiger partial charge < -0.3 is 34.7 Å². The fourth-order valence-corrected chi connectivity index (χ4v) is 4.95. The number of nitrogens with zero attached hydrogens (tertiary/aromatic N) is 1. The van der Waals surface area contributed by atoms with Crippen molar-refractivity contribution in [1.82, 2.24) is 16.1 Å². The largest absolute Gasteiger partial charge is 0.490 e. The number of nitrogens with one attached hydrogen (secondary N) is 3. The molecule has 2 atom stereocenters. The molecule has 0 bridgehead atoms. The van der Waals surface area contributed by atoms with E-state index in [1.807, 2.05) is 30.3 Å². The lowest BCUT2D eigenvalue weighted by Crippen LogP contribution is -2.45. The number of carbonyl (C=O) groups is 2. The van der Waals surface area contributed by atoms with Crippen molar-refractivity contribution < 1.29 is 33.6 Å². The Morgan fingerprint density at radius 3 is 2.48 bits per heavy atom. The molecular weight excluding hydrogens is 611 g/mol. The molecule has 0 aromatic heterocycles. The molecule has 3 aromatic carbocycles. The van der Waals surface area contributed by atoms with Crippen LogP contribution in [0, 0.1) is 0 Å². The number of urea groups is 1. The molecule has 0 radical (unpaired) electrons. The van der Waals surface area contributed by atoms with Gasteiger partial charge in [-0.15, -0.1) is 0 Å². The minimum atomic E-state index is -1.18. The van der Waals surface area contributed by atoms with E-state index in [2.05, 4.69) is 21.2 Å². The van der Waals surface area contributed by atoms with Crippen molar-refractivity contribution in [2.24, 2.45) is 5.10 Å². The highest BCUT2D eigenvalue weighted by Crippen LogP contribution is 2.36. The number of aliphatic hydroxyl groups is 1. The second kappa shape index (κ2) is 15.3. The van der Waals surface area contributed by atoms with Crippen molar-refractivity contribution in [3.8, 4) is 17.2 Å². The van der Waals surface area contributed by atoms with Crippen LogP contribution >= 0.6 is 23.2 Å². The Morgan fingerprint density at radius 2 is 1.80 bits per heavy atom. The van der Waals surface area contributed by atoms with E-state index in [-0.39, 0.29) is 12.2 Å². The van der Waals surface area contributed by atoms with Gasteiger partial charge in [0.15, 0.2) is 23.5 Å². The first-order valence-corrected chi connectivity index (χ1v) is 14.3. The Hall–Kier alpha value is -4.45. The van der Waals surface area contributed by atoms with Crippen LogP contribution in [0.25, 0.3) is 0 Å². The van der Waals surface area contributed by atoms with Crippen molar-refractivity contribution in [1.29, 1.82) is 0 Å². The Kier molecular flexibility index (Phi) is 11.3. The maximum Gasteiger partial charge on any atom is 0.337 e. The van der Waals surface area contributed by atoms with Gasteiger partial charge in [-0.2, -0.15) is 5.10 Å². The van der Waals surface area contributed by atoms with Crippen molar-refractivity contribution >= 4 is 41.4 Å². The molecule has 0 aliphatic carbocycles. The number of hydrogen-bond acceptors (Lipinski definition) is 9. The summed E-state index contributed by atoms with van der Waals surface area (Å²) in [5, 5.41) is 20.4. The van der Waals surface area contributed by atoms with Crippen LogP contribution in [0.3, 0.4) is 0 Å². The number of amides is 2. The summed E-state index contributed by atoms with van der Waals surface area (Å²) < 4.78 is 22.2. The van der Waals surface area contributed by atoms with E-state index >= 15 is 0 Å². The monoisotopic (exact) mass is 642 g/mol. The third-order valence-electron chi connectivity index (χ3n) is 6.36. The number of hydrazone groups is 1. The molecule has 4 rings (SSSR count). The molecule has 0 fully saturated rings. The maximum atomic E-state index is 12.4. The first-order valence-electron chi connectivity index (χ1n) is 13.6. The van der Waals surface area contributed by atoms with Crippen LogP contribution in [0.2, 0.25) is 10.0 Å². The molecule has 4 N–H and O–H groups in total. The van der Waals surface area contributed by atoms with Crippen molar-refractivity contribution in [3.05, 3.63) is 98.7 Å². The number of aliphatic hydroxyl groups excluding tert-OH is 1. The third kappa shape index (κ3) is 8.34. The Balaban J connectivity index is 1.37. The standard InChI is InChI=1S/C31H32Cl2N4O7/c1-4-42-25-14-21(28-27(30(39)41-3)18(2)35-31(40)36-28)10-11-24(25)43-17-26(38)37-34-15-20-12-22(32)29(23(33)13-20)44-16-19-8-6-5-7-9-19/h5-15,26,28,37-38H,4,16-17H2,1-3H3,(H2,35,36,40)/b34-15-/t26-,28+/m1/s1. The predicted molar refractivity (Wildman–Crippen MR) is 166 cm³/mol. The molecule has 2 amide bonds. The first-order chi connectivity index (χ1) is 21.2. The first kappa shape index (κ1) is 32.5. The SMILES string of the molecule is CCOc1cc([C@@H]2NC(=O)NC(C)=C2C(=O)OC)ccc1OC[C@@H](O)N/N=C\c1cc(Cl)c(OCc2ccccc2)c(Cl)c1. The van der Waals surface area contributed by atoms with Gasteiger partial charge >= 0.3 is 12.0 Å². The molecule has 0 unspecified atom stereocenters. The van der Waals surface area contributed by atoms with Gasteiger partial charge in [0.1, 0.15) is 13.2 Å². The number of carbonyl (C=O) groups excluding carboxylic acids is 2. The van der Waals surface area contributed by atoms with Crippen LogP contribution in [0.4, 0.5) is 4.79 Å². The summed E-state index contributed by atoms with van der Waals surface area (Å²) >= 11 is 12.8. The third-order valence-corrected chi connectivity index (χ3v) is 6.92. The number of esters is 1. The highest BCUT2D eigenvalue weighted by atomic mass is 35.5. The van der Waals surface area contributed by atoms with Crippen LogP contribution < -0.4 is 30.3 Å². The van der Waals surface area contributed by atoms with E-state index in [1.54, 1.807) is 44.2 Å². The Labute approximate surface area is 264 Å². The van der Waals surface area contributed by atoms with Crippen LogP contribution in [-0.4, -0.2) is 49.9 Å². The van der Waals surface area contributed by atoms with E-state index in [4.69, 9.17) is 42.1 Å². The summed E-state index contributed by atoms with van der Waals surface area (Å²) in [5.41, 5.74) is 5.37. The molecule has 0 saturated carbocycles. The number of ether oxygens (including phenoxy) is 4. The zero-order valence-electron chi connectivity index (χ0n) is 24.2. The number of benzene rings is 3. The van der Waals surface area contributed by atoms with Crippen molar-refractivity contribution in [3.63, 3.8) is 0 Å². The van der Waals surface area contributed by atoms with Gasteiger partial charge in [0.25, 0.3) is 0 Å². The average Bonchev–Trinajstić information content (AvgIpc) is 3.00. The molecule has 11 nitrogen and oxygen atoms in total. The second-order valence-corrected chi connectivity index (χ2v) is 10.3. The summed E-state index contributed by atoms with van der Waals surface area (Å²) in [6.45, 7) is 3.88. The number of halogens is 2. The topological polar surface area (TPSA) is 140 Å². The normalized spacial score (nSPS) is 15.3. The zero-order chi connectivity index (χ0) is 31.6. The second-order valence-electron chi connectivity index (χ2n) is 9.50. The van der Waals surface area contributed by atoms with Crippen LogP contribution in [0.1, 0.15) is 36.6 Å². The summed E-state index contributed by atoms with van der Waals surface area (Å²) in [7, 11) is 1.27. The van der Waals surface area contributed by atoms with E-state index in [9.17, 15) is 14.7 Å². The molecule has 1 heterocycles. The van der Waals surface area contributed by atoms with Gasteiger partial charge in [-0.1, -0.05) is 59.6 Å². The van der Waals surface area contributed by atoms with Crippen molar-refractivity contribution in [2.75, 3.05) is 20.3 Å². The predicted octanol–water partition coefficient (Wildman–Crippen LogP) is 5.09. The lowest BCUT2D eigenvalue weighted by Gasteiger charge is -2.28. The summed E-state index contributed by atoms with van der Waals surface area (Å²) in [4.78, 5) is 24.6. The molecule has 232 valence electrons. The number of hydrogen-bond donors (Lipinski definition) is 4. The summed E-state index contributed by atoms with van der Waals surface area (Å²) in [6.07, 6.45) is 0.268. The van der Waals surface area contributed by atoms with Crippen molar-refractivity contribution in [2.45, 2.75) is 32.7 Å². The molecule has 13 heteroatoms. The van der Waals surface area contributed by atoms with Gasteiger partial charge in [0, 0.05) is 5.70 Å². The fourth-order valence-electron chi connectivity index (χ4n) is 4.34. The van der Waals surface area contributed by atoms with Gasteiger partial charge in [-0.05, 0) is 54.8 Å². The molecule has 1 aliphatic heterocycles. The lowest BCUT2D eigenvalue weighted by atomic mass is 9.95. The van der Waals surface area contributed by atoms with E-state index < -0.39 is 24.3 Å². The van der Waals surface area contributed by atoms with Gasteiger partial charge in [0.2, 0.25) is 0 Å². The zero-order valence-corrected chi connectivity index (χ0v) is 25.7. The Morgan fingerprint density at radius 1 is 1.07 bits per heavy atom. The molecular formula is C31H32Cl2N4O7. The minimum absolute atomic E-state index is 0.180. The number of rotatable bonds is 13. The number of allylic oxidation sites excluding steroid dienone is 1.